The maximum atomic E-state index is 11.9. The van der Waals surface area contributed by atoms with Crippen LogP contribution in [-0.2, 0) is 4.79 Å². The molecule has 0 bridgehead atoms. The fraction of sp³-hybridized carbons (Fsp3) is 0.333. The summed E-state index contributed by atoms with van der Waals surface area (Å²) in [4.78, 5) is 18.4. The molecule has 1 N–H and O–H groups in total. The summed E-state index contributed by atoms with van der Waals surface area (Å²) in [7, 11) is 0. The van der Waals surface area contributed by atoms with Crippen LogP contribution in [0.25, 0.3) is 0 Å². The summed E-state index contributed by atoms with van der Waals surface area (Å²) in [6, 6.07) is 14.1. The lowest BCUT2D eigenvalue weighted by molar-refractivity contribution is -0.132. The summed E-state index contributed by atoms with van der Waals surface area (Å²) in [6.45, 7) is 2.48. The van der Waals surface area contributed by atoms with Crippen LogP contribution < -0.4 is 5.32 Å². The van der Waals surface area contributed by atoms with E-state index in [4.69, 9.17) is 0 Å². The number of nitrogens with zero attached hydrogens (tertiary/aromatic N) is 2. The van der Waals surface area contributed by atoms with Gasteiger partial charge in [0.05, 0.1) is 6.04 Å². The first-order valence-electron chi connectivity index (χ1n) is 7.80. The van der Waals surface area contributed by atoms with Gasteiger partial charge in [-0.25, -0.2) is 4.98 Å². The fourth-order valence-electron chi connectivity index (χ4n) is 3.08. The number of aromatic nitrogens is 1. The second-order valence-corrected chi connectivity index (χ2v) is 5.66. The van der Waals surface area contributed by atoms with Gasteiger partial charge in [0.25, 0.3) is 0 Å². The molecule has 1 atom stereocenters. The van der Waals surface area contributed by atoms with Crippen LogP contribution >= 0.6 is 0 Å². The van der Waals surface area contributed by atoms with E-state index in [-0.39, 0.29) is 11.9 Å². The zero-order chi connectivity index (χ0) is 15.4. The second-order valence-electron chi connectivity index (χ2n) is 5.66. The molecule has 4 heteroatoms. The van der Waals surface area contributed by atoms with E-state index in [2.05, 4.69) is 16.4 Å². The maximum absolute atomic E-state index is 11.9. The van der Waals surface area contributed by atoms with Crippen LogP contribution in [0.1, 0.15) is 37.8 Å². The van der Waals surface area contributed by atoms with Gasteiger partial charge in [-0.1, -0.05) is 24.3 Å². The number of amides is 1. The highest BCUT2D eigenvalue weighted by Gasteiger charge is 2.27. The number of carbonyl (C=O) groups excluding carboxylic acids is 1. The highest BCUT2D eigenvalue weighted by atomic mass is 16.2. The Bertz CT molecular complexity index is 642. The van der Waals surface area contributed by atoms with Gasteiger partial charge in [-0.3, -0.25) is 4.79 Å². The normalized spacial score (nSPS) is 18.0. The molecule has 3 rings (SSSR count). The Morgan fingerprint density at radius 3 is 2.77 bits per heavy atom. The van der Waals surface area contributed by atoms with Crippen molar-refractivity contribution in [3.8, 4) is 0 Å². The molecule has 2 heterocycles. The second kappa shape index (κ2) is 6.60. The molecular formula is C18H21N3O. The number of likely N-dealkylation sites (tertiary alicyclic amines) is 1. The van der Waals surface area contributed by atoms with Crippen molar-refractivity contribution >= 4 is 17.4 Å². The van der Waals surface area contributed by atoms with Gasteiger partial charge in [-0.2, -0.15) is 0 Å². The van der Waals surface area contributed by atoms with Crippen molar-refractivity contribution in [2.24, 2.45) is 0 Å². The first-order valence-corrected chi connectivity index (χ1v) is 7.80. The van der Waals surface area contributed by atoms with Crippen LogP contribution in [-0.4, -0.2) is 22.3 Å². The number of hydrogen-bond donors (Lipinski definition) is 1. The third kappa shape index (κ3) is 3.11. The van der Waals surface area contributed by atoms with Crippen molar-refractivity contribution in [3.63, 3.8) is 0 Å². The lowest BCUT2D eigenvalue weighted by atomic mass is 9.95. The molecule has 22 heavy (non-hydrogen) atoms. The summed E-state index contributed by atoms with van der Waals surface area (Å²) < 4.78 is 0. The van der Waals surface area contributed by atoms with Gasteiger partial charge < -0.3 is 10.2 Å². The third-order valence-electron chi connectivity index (χ3n) is 4.14. The Balaban J connectivity index is 1.91. The van der Waals surface area contributed by atoms with Crippen molar-refractivity contribution in [3.05, 3.63) is 54.2 Å². The smallest absolute Gasteiger partial charge is 0.219 e. The van der Waals surface area contributed by atoms with Crippen LogP contribution in [0.3, 0.4) is 0 Å². The number of carbonyl (C=O) groups is 1. The Hall–Kier alpha value is -2.36. The summed E-state index contributed by atoms with van der Waals surface area (Å²) in [6.07, 6.45) is 5.01. The van der Waals surface area contributed by atoms with E-state index in [1.165, 1.54) is 0 Å². The Morgan fingerprint density at radius 1 is 1.18 bits per heavy atom. The number of para-hydroxylation sites is 1. The minimum atomic E-state index is 0.117. The largest absolute Gasteiger partial charge is 0.340 e. The molecule has 0 unspecified atom stereocenters. The molecule has 0 saturated carbocycles. The topological polar surface area (TPSA) is 45.2 Å². The van der Waals surface area contributed by atoms with Crippen LogP contribution in [0.4, 0.5) is 11.5 Å². The SMILES string of the molecule is CC(=O)N1CCCC[C@@H]1c1cccnc1Nc1ccccc1. The quantitative estimate of drug-likeness (QED) is 0.934. The average molecular weight is 295 g/mol. The minimum absolute atomic E-state index is 0.117. The zero-order valence-electron chi connectivity index (χ0n) is 12.8. The molecule has 0 spiro atoms. The van der Waals surface area contributed by atoms with Gasteiger partial charge in [-0.05, 0) is 37.5 Å². The third-order valence-corrected chi connectivity index (χ3v) is 4.14. The van der Waals surface area contributed by atoms with E-state index < -0.39 is 0 Å². The highest BCUT2D eigenvalue weighted by molar-refractivity contribution is 5.74. The summed E-state index contributed by atoms with van der Waals surface area (Å²) in [5.41, 5.74) is 2.11. The molecule has 114 valence electrons. The standard InChI is InChI=1S/C18H21N3O/c1-14(22)21-13-6-5-11-17(21)16-10-7-12-19-18(16)20-15-8-3-2-4-9-15/h2-4,7-10,12,17H,5-6,11,13H2,1H3,(H,19,20)/t17-/m1/s1. The molecule has 2 aromatic rings. The number of hydrogen-bond acceptors (Lipinski definition) is 3. The van der Waals surface area contributed by atoms with Crippen LogP contribution in [0, 0.1) is 0 Å². The van der Waals surface area contributed by atoms with Crippen molar-refractivity contribution in [2.75, 3.05) is 11.9 Å². The molecule has 1 aliphatic rings. The Morgan fingerprint density at radius 2 is 2.00 bits per heavy atom. The van der Waals surface area contributed by atoms with E-state index in [1.807, 2.05) is 41.3 Å². The van der Waals surface area contributed by atoms with Crippen molar-refractivity contribution < 1.29 is 4.79 Å². The number of pyridine rings is 1. The molecule has 1 amide bonds. The average Bonchev–Trinajstić information content (AvgIpc) is 2.56. The van der Waals surface area contributed by atoms with Crippen molar-refractivity contribution in [2.45, 2.75) is 32.2 Å². The summed E-state index contributed by atoms with van der Waals surface area (Å²) >= 11 is 0. The molecule has 1 fully saturated rings. The van der Waals surface area contributed by atoms with E-state index in [1.54, 1.807) is 13.1 Å². The molecule has 0 radical (unpaired) electrons. The highest BCUT2D eigenvalue weighted by Crippen LogP contribution is 2.35. The van der Waals surface area contributed by atoms with Crippen molar-refractivity contribution in [1.82, 2.24) is 9.88 Å². The number of rotatable bonds is 3. The van der Waals surface area contributed by atoms with Crippen LogP contribution in [0.15, 0.2) is 48.7 Å². The lowest BCUT2D eigenvalue weighted by Crippen LogP contribution is -2.37. The van der Waals surface area contributed by atoms with Crippen LogP contribution in [0.2, 0.25) is 0 Å². The predicted octanol–water partition coefficient (Wildman–Crippen LogP) is 3.90. The molecule has 1 saturated heterocycles. The van der Waals surface area contributed by atoms with Crippen LogP contribution in [0.5, 0.6) is 0 Å². The molecule has 1 aromatic carbocycles. The Labute approximate surface area is 131 Å². The number of benzene rings is 1. The minimum Gasteiger partial charge on any atom is -0.340 e. The molecule has 1 aromatic heterocycles. The first-order chi connectivity index (χ1) is 10.8. The van der Waals surface area contributed by atoms with Gasteiger partial charge in [0, 0.05) is 30.9 Å². The van der Waals surface area contributed by atoms with E-state index in [0.29, 0.717) is 0 Å². The van der Waals surface area contributed by atoms with E-state index in [9.17, 15) is 4.79 Å². The molecule has 1 aliphatic heterocycles. The zero-order valence-corrected chi connectivity index (χ0v) is 12.8. The first kappa shape index (κ1) is 14.6. The maximum Gasteiger partial charge on any atom is 0.219 e. The molecule has 0 aliphatic carbocycles. The molecular weight excluding hydrogens is 274 g/mol. The monoisotopic (exact) mass is 295 g/mol. The molecule has 4 nitrogen and oxygen atoms in total. The van der Waals surface area contributed by atoms with Gasteiger partial charge in [0.2, 0.25) is 5.91 Å². The Kier molecular flexibility index (Phi) is 4.37. The van der Waals surface area contributed by atoms with Crippen molar-refractivity contribution in [1.29, 1.82) is 0 Å². The lowest BCUT2D eigenvalue weighted by Gasteiger charge is -2.36. The number of anilines is 2. The van der Waals surface area contributed by atoms with Gasteiger partial charge in [0.15, 0.2) is 0 Å². The summed E-state index contributed by atoms with van der Waals surface area (Å²) in [5.74, 6) is 0.978. The fourth-order valence-corrected chi connectivity index (χ4v) is 3.08. The summed E-state index contributed by atoms with van der Waals surface area (Å²) in [5, 5.41) is 3.38. The van der Waals surface area contributed by atoms with Gasteiger partial charge in [-0.15, -0.1) is 0 Å². The van der Waals surface area contributed by atoms with E-state index in [0.717, 1.165) is 42.9 Å². The van der Waals surface area contributed by atoms with E-state index >= 15 is 0 Å². The number of nitrogens with one attached hydrogen (secondary N) is 1. The van der Waals surface area contributed by atoms with Gasteiger partial charge in [0.1, 0.15) is 5.82 Å². The van der Waals surface area contributed by atoms with Gasteiger partial charge >= 0.3 is 0 Å². The predicted molar refractivity (Wildman–Crippen MR) is 87.9 cm³/mol. The number of piperidine rings is 1.